The van der Waals surface area contributed by atoms with Gasteiger partial charge in [0, 0.05) is 22.6 Å². The number of thioether (sulfide) groups is 1. The maximum atomic E-state index is 12.4. The summed E-state index contributed by atoms with van der Waals surface area (Å²) in [4.78, 5) is 18.1. The molecule has 2 N–H and O–H groups in total. The van der Waals surface area contributed by atoms with Crippen LogP contribution in [0.4, 0.5) is 5.69 Å². The summed E-state index contributed by atoms with van der Waals surface area (Å²) in [6.07, 6.45) is 0.407. The van der Waals surface area contributed by atoms with E-state index in [4.69, 9.17) is 4.42 Å². The van der Waals surface area contributed by atoms with E-state index in [2.05, 4.69) is 4.99 Å². The first-order valence-electron chi connectivity index (χ1n) is 8.47. The number of phenolic OH excluding ortho intramolecular Hbond substituents is 1. The lowest BCUT2D eigenvalue weighted by Gasteiger charge is -2.16. The van der Waals surface area contributed by atoms with Gasteiger partial charge in [0.15, 0.2) is 0 Å². The van der Waals surface area contributed by atoms with E-state index in [0.29, 0.717) is 17.9 Å². The largest absolute Gasteiger partial charge is 0.508 e. The van der Waals surface area contributed by atoms with E-state index in [0.717, 1.165) is 16.1 Å². The molecule has 0 spiro atoms. The zero-order valence-corrected chi connectivity index (χ0v) is 15.4. The lowest BCUT2D eigenvalue weighted by molar-refractivity contribution is 0.432. The van der Waals surface area contributed by atoms with Gasteiger partial charge in [0.1, 0.15) is 22.8 Å². The summed E-state index contributed by atoms with van der Waals surface area (Å²) in [5.74, 6) is 0.387. The monoisotopic (exact) mass is 379 g/mol. The van der Waals surface area contributed by atoms with E-state index in [-0.39, 0.29) is 22.3 Å². The molecular weight excluding hydrogens is 362 g/mol. The third kappa shape index (κ3) is 3.48. The quantitative estimate of drug-likeness (QED) is 0.673. The highest BCUT2D eigenvalue weighted by Crippen LogP contribution is 2.46. The smallest absolute Gasteiger partial charge is 0.348 e. The molecule has 0 radical (unpaired) electrons. The zero-order chi connectivity index (χ0) is 19.0. The van der Waals surface area contributed by atoms with E-state index in [1.807, 2.05) is 30.3 Å². The van der Waals surface area contributed by atoms with Crippen molar-refractivity contribution in [3.05, 3.63) is 81.9 Å². The molecule has 5 nitrogen and oxygen atoms in total. The van der Waals surface area contributed by atoms with Crippen LogP contribution in [0.1, 0.15) is 28.6 Å². The van der Waals surface area contributed by atoms with Gasteiger partial charge in [-0.3, -0.25) is 4.99 Å². The predicted molar refractivity (Wildman–Crippen MR) is 105 cm³/mol. The molecule has 2 aromatic carbocycles. The van der Waals surface area contributed by atoms with Crippen LogP contribution in [0.3, 0.4) is 0 Å². The number of hydrogen-bond acceptors (Lipinski definition) is 6. The minimum atomic E-state index is -0.606. The van der Waals surface area contributed by atoms with Gasteiger partial charge in [0.2, 0.25) is 0 Å². The van der Waals surface area contributed by atoms with Crippen LogP contribution < -0.4 is 5.63 Å². The summed E-state index contributed by atoms with van der Waals surface area (Å²) in [5.41, 5.74) is 1.60. The fourth-order valence-electron chi connectivity index (χ4n) is 3.14. The Morgan fingerprint density at radius 2 is 1.93 bits per heavy atom. The number of para-hydroxylation sites is 1. The number of aryl methyl sites for hydroxylation is 1. The van der Waals surface area contributed by atoms with E-state index < -0.39 is 5.63 Å². The first kappa shape index (κ1) is 17.4. The molecular formula is C21H17NO4S. The second-order valence-corrected chi connectivity index (χ2v) is 7.58. The Morgan fingerprint density at radius 1 is 1.11 bits per heavy atom. The second kappa shape index (κ2) is 6.96. The average Bonchev–Trinajstić information content (AvgIpc) is 2.80. The van der Waals surface area contributed by atoms with E-state index >= 15 is 0 Å². The van der Waals surface area contributed by atoms with Crippen LogP contribution in [0.25, 0.3) is 0 Å². The van der Waals surface area contributed by atoms with Gasteiger partial charge in [0.25, 0.3) is 0 Å². The minimum absolute atomic E-state index is 0.0837. The Kier molecular flexibility index (Phi) is 4.49. The summed E-state index contributed by atoms with van der Waals surface area (Å²) in [6.45, 7) is 1.61. The van der Waals surface area contributed by atoms with Gasteiger partial charge in [-0.1, -0.05) is 24.3 Å². The van der Waals surface area contributed by atoms with Crippen LogP contribution >= 0.6 is 11.8 Å². The van der Waals surface area contributed by atoms with Crippen LogP contribution in [-0.4, -0.2) is 15.9 Å². The molecule has 1 atom stereocenters. The maximum Gasteiger partial charge on any atom is 0.348 e. The molecule has 0 fully saturated rings. The highest BCUT2D eigenvalue weighted by atomic mass is 32.2. The van der Waals surface area contributed by atoms with Gasteiger partial charge in [-0.05, 0) is 36.8 Å². The van der Waals surface area contributed by atoms with Crippen molar-refractivity contribution < 1.29 is 14.6 Å². The molecule has 27 heavy (non-hydrogen) atoms. The molecule has 1 aromatic heterocycles. The van der Waals surface area contributed by atoms with Crippen molar-refractivity contribution in [1.82, 2.24) is 0 Å². The molecule has 0 amide bonds. The molecule has 1 unspecified atom stereocenters. The molecule has 4 rings (SSSR count). The molecule has 136 valence electrons. The van der Waals surface area contributed by atoms with Gasteiger partial charge in [-0.25, -0.2) is 4.79 Å². The van der Waals surface area contributed by atoms with Crippen LogP contribution in [0.2, 0.25) is 0 Å². The molecule has 2 heterocycles. The maximum absolute atomic E-state index is 12.4. The first-order chi connectivity index (χ1) is 13.0. The number of aliphatic imine (C=N–C) groups is 1. The zero-order valence-electron chi connectivity index (χ0n) is 14.5. The SMILES string of the molecule is Cc1cc(O)c(C2=Nc3ccccc3SC(c3cccc(O)c3)C2)c(=O)o1. The summed E-state index contributed by atoms with van der Waals surface area (Å²) in [7, 11) is 0. The molecule has 1 aliphatic heterocycles. The van der Waals surface area contributed by atoms with Crippen LogP contribution in [0, 0.1) is 6.92 Å². The van der Waals surface area contributed by atoms with Crippen molar-refractivity contribution in [2.45, 2.75) is 23.5 Å². The highest BCUT2D eigenvalue weighted by molar-refractivity contribution is 7.99. The topological polar surface area (TPSA) is 83.0 Å². The van der Waals surface area contributed by atoms with E-state index in [9.17, 15) is 15.0 Å². The average molecular weight is 379 g/mol. The Balaban J connectivity index is 1.88. The lowest BCUT2D eigenvalue weighted by Crippen LogP contribution is -2.16. The van der Waals surface area contributed by atoms with Crippen LogP contribution in [-0.2, 0) is 0 Å². The van der Waals surface area contributed by atoms with Gasteiger partial charge >= 0.3 is 5.63 Å². The van der Waals surface area contributed by atoms with Crippen molar-refractivity contribution in [2.24, 2.45) is 4.99 Å². The fraction of sp³-hybridized carbons (Fsp3) is 0.143. The van der Waals surface area contributed by atoms with Gasteiger partial charge < -0.3 is 14.6 Å². The molecule has 0 saturated carbocycles. The number of rotatable bonds is 2. The summed E-state index contributed by atoms with van der Waals surface area (Å²) < 4.78 is 5.19. The Labute approximate surface area is 160 Å². The van der Waals surface area contributed by atoms with Crippen molar-refractivity contribution in [3.63, 3.8) is 0 Å². The summed E-state index contributed by atoms with van der Waals surface area (Å²) in [6, 6.07) is 16.1. The minimum Gasteiger partial charge on any atom is -0.508 e. The number of aromatic hydroxyl groups is 2. The van der Waals surface area contributed by atoms with Gasteiger partial charge in [-0.2, -0.15) is 0 Å². The number of fused-ring (bicyclic) bond motifs is 1. The first-order valence-corrected chi connectivity index (χ1v) is 9.35. The van der Waals surface area contributed by atoms with E-state index in [1.165, 1.54) is 6.07 Å². The lowest BCUT2D eigenvalue weighted by atomic mass is 10.0. The number of nitrogens with zero attached hydrogens (tertiary/aromatic N) is 1. The van der Waals surface area contributed by atoms with Crippen molar-refractivity contribution >= 4 is 23.2 Å². The summed E-state index contributed by atoms with van der Waals surface area (Å²) >= 11 is 1.61. The highest BCUT2D eigenvalue weighted by Gasteiger charge is 2.26. The summed E-state index contributed by atoms with van der Waals surface area (Å²) in [5, 5.41) is 20.2. The van der Waals surface area contributed by atoms with Crippen molar-refractivity contribution in [2.75, 3.05) is 0 Å². The molecule has 0 aliphatic carbocycles. The van der Waals surface area contributed by atoms with Gasteiger partial charge in [0.05, 0.1) is 11.4 Å². The predicted octanol–water partition coefficient (Wildman–Crippen LogP) is 4.72. The molecule has 1 aliphatic rings. The molecule has 3 aromatic rings. The number of phenols is 1. The fourth-order valence-corrected chi connectivity index (χ4v) is 4.36. The molecule has 6 heteroatoms. The third-order valence-corrected chi connectivity index (χ3v) is 5.68. The molecule has 0 saturated heterocycles. The number of hydrogen-bond donors (Lipinski definition) is 2. The van der Waals surface area contributed by atoms with E-state index in [1.54, 1.807) is 36.9 Å². The Morgan fingerprint density at radius 3 is 2.70 bits per heavy atom. The second-order valence-electron chi connectivity index (χ2n) is 6.34. The number of benzene rings is 2. The molecule has 0 bridgehead atoms. The van der Waals surface area contributed by atoms with Crippen molar-refractivity contribution in [1.29, 1.82) is 0 Å². The van der Waals surface area contributed by atoms with Crippen LogP contribution in [0.15, 0.2) is 73.7 Å². The van der Waals surface area contributed by atoms with Crippen LogP contribution in [0.5, 0.6) is 11.5 Å². The van der Waals surface area contributed by atoms with Crippen molar-refractivity contribution in [3.8, 4) is 11.5 Å². The Bertz CT molecular complexity index is 1100. The van der Waals surface area contributed by atoms with Gasteiger partial charge in [-0.15, -0.1) is 11.8 Å². The normalized spacial score (nSPS) is 16.3. The Hall–Kier alpha value is -2.99. The standard InChI is InChI=1S/C21H17NO4S/c1-12-9-17(24)20(21(25)26-12)16-11-19(13-5-4-6-14(23)10-13)27-18-8-3-2-7-15(18)22-16/h2-10,19,23-24H,11H2,1H3. The third-order valence-electron chi connectivity index (χ3n) is 4.35.